The topological polar surface area (TPSA) is 109 Å². The van der Waals surface area contributed by atoms with Crippen molar-refractivity contribution in [3.05, 3.63) is 16.6 Å². The number of aromatic amines is 2. The van der Waals surface area contributed by atoms with E-state index in [0.717, 1.165) is 6.26 Å². The molecule has 2 rings (SSSR count). The van der Waals surface area contributed by atoms with E-state index >= 15 is 0 Å². The molecule has 0 aliphatic rings. The van der Waals surface area contributed by atoms with Gasteiger partial charge < -0.3 is 0 Å². The average Bonchev–Trinajstić information content (AvgIpc) is 2.50. The maximum atomic E-state index is 11.3. The highest BCUT2D eigenvalue weighted by molar-refractivity contribution is 7.90. The van der Waals surface area contributed by atoms with Gasteiger partial charge in [0.1, 0.15) is 5.39 Å². The molecule has 0 aromatic carbocycles. The predicted octanol–water partition coefficient (Wildman–Crippen LogP) is -0.950. The zero-order valence-corrected chi connectivity index (χ0v) is 7.92. The lowest BCUT2D eigenvalue weighted by Gasteiger charge is -1.95. The molecule has 0 bridgehead atoms. The van der Waals surface area contributed by atoms with Crippen molar-refractivity contribution in [2.24, 2.45) is 0 Å². The fraction of sp³-hybridized carbons (Fsp3) is 0.167. The van der Waals surface area contributed by atoms with E-state index in [1.807, 2.05) is 0 Å². The average molecular weight is 214 g/mol. The summed E-state index contributed by atoms with van der Waals surface area (Å²) >= 11 is 0. The van der Waals surface area contributed by atoms with E-state index in [-0.39, 0.29) is 16.2 Å². The first-order valence-electron chi connectivity index (χ1n) is 3.62. The van der Waals surface area contributed by atoms with Crippen LogP contribution in [0, 0.1) is 0 Å². The minimum atomic E-state index is -3.51. The number of sulfone groups is 1. The van der Waals surface area contributed by atoms with Crippen molar-refractivity contribution in [2.75, 3.05) is 6.26 Å². The maximum absolute atomic E-state index is 11.3. The van der Waals surface area contributed by atoms with Gasteiger partial charge >= 0.3 is 0 Å². The number of H-pyrrole nitrogens is 2. The van der Waals surface area contributed by atoms with Gasteiger partial charge in [0.15, 0.2) is 5.65 Å². The summed E-state index contributed by atoms with van der Waals surface area (Å²) in [6.07, 6.45) is 2.25. The van der Waals surface area contributed by atoms with Crippen LogP contribution in [0.5, 0.6) is 0 Å². The Morgan fingerprint density at radius 3 is 2.79 bits per heavy atom. The number of nitrogens with zero attached hydrogens (tertiary/aromatic N) is 2. The van der Waals surface area contributed by atoms with E-state index in [1.165, 1.54) is 6.20 Å². The smallest absolute Gasteiger partial charge is 0.262 e. The molecule has 0 atom stereocenters. The summed E-state index contributed by atoms with van der Waals surface area (Å²) in [6, 6.07) is 0. The number of hydrogen-bond donors (Lipinski definition) is 2. The second-order valence-corrected chi connectivity index (χ2v) is 4.71. The van der Waals surface area contributed by atoms with Crippen LogP contribution in [0.4, 0.5) is 0 Å². The Labute approximate surface area is 78.1 Å². The summed E-state index contributed by atoms with van der Waals surface area (Å²) in [5, 5.41) is 5.88. The van der Waals surface area contributed by atoms with Crippen LogP contribution < -0.4 is 5.56 Å². The van der Waals surface area contributed by atoms with Gasteiger partial charge in [0.05, 0.1) is 6.20 Å². The first-order valence-corrected chi connectivity index (χ1v) is 5.51. The molecule has 0 unspecified atom stereocenters. The lowest BCUT2D eigenvalue weighted by atomic mass is 10.4. The molecule has 0 spiro atoms. The third-order valence-electron chi connectivity index (χ3n) is 1.65. The Morgan fingerprint density at radius 1 is 1.43 bits per heavy atom. The maximum Gasteiger partial charge on any atom is 0.262 e. The van der Waals surface area contributed by atoms with Gasteiger partial charge in [-0.05, 0) is 0 Å². The van der Waals surface area contributed by atoms with Crippen molar-refractivity contribution in [2.45, 2.75) is 5.16 Å². The number of aromatic nitrogens is 4. The molecular weight excluding hydrogens is 208 g/mol. The van der Waals surface area contributed by atoms with E-state index in [1.54, 1.807) is 0 Å². The molecule has 0 aliphatic heterocycles. The van der Waals surface area contributed by atoms with Gasteiger partial charge in [0, 0.05) is 6.26 Å². The van der Waals surface area contributed by atoms with Crippen LogP contribution in [0.1, 0.15) is 0 Å². The molecular formula is C6H6N4O3S. The van der Waals surface area contributed by atoms with Gasteiger partial charge in [0.25, 0.3) is 5.56 Å². The third kappa shape index (κ3) is 1.29. The summed E-state index contributed by atoms with van der Waals surface area (Å²) in [5.74, 6) is 0. The van der Waals surface area contributed by atoms with Gasteiger partial charge in [-0.2, -0.15) is 5.10 Å². The number of rotatable bonds is 1. The minimum absolute atomic E-state index is 0.161. The van der Waals surface area contributed by atoms with Crippen LogP contribution in [0.25, 0.3) is 11.0 Å². The molecule has 0 radical (unpaired) electrons. The van der Waals surface area contributed by atoms with Gasteiger partial charge in [-0.25, -0.2) is 13.4 Å². The lowest BCUT2D eigenvalue weighted by molar-refractivity contribution is 0.593. The summed E-state index contributed by atoms with van der Waals surface area (Å²) in [6.45, 7) is 0. The predicted molar refractivity (Wildman–Crippen MR) is 47.6 cm³/mol. The Bertz CT molecular complexity index is 638. The molecule has 7 nitrogen and oxygen atoms in total. The van der Waals surface area contributed by atoms with Crippen LogP contribution in [-0.4, -0.2) is 34.8 Å². The van der Waals surface area contributed by atoms with Crippen LogP contribution >= 0.6 is 0 Å². The number of nitrogens with one attached hydrogen (secondary N) is 2. The molecule has 74 valence electrons. The summed E-state index contributed by atoms with van der Waals surface area (Å²) in [7, 11) is -3.51. The standard InChI is InChI=1S/C6H6N4O3S/c1-14(12,13)6-8-4-3(2-7-10-4)5(11)9-6/h2H,1H3,(H2,7,8,9,10,11). The fourth-order valence-electron chi connectivity index (χ4n) is 1.00. The van der Waals surface area contributed by atoms with Crippen LogP contribution in [0.3, 0.4) is 0 Å². The van der Waals surface area contributed by atoms with E-state index in [2.05, 4.69) is 20.2 Å². The van der Waals surface area contributed by atoms with Gasteiger partial charge in [0.2, 0.25) is 15.0 Å². The first kappa shape index (κ1) is 8.88. The molecule has 8 heteroatoms. The molecule has 0 fully saturated rings. The second-order valence-electron chi connectivity index (χ2n) is 2.78. The van der Waals surface area contributed by atoms with Crippen molar-refractivity contribution < 1.29 is 8.42 Å². The molecule has 0 amide bonds. The van der Waals surface area contributed by atoms with E-state index < -0.39 is 15.4 Å². The Hall–Kier alpha value is -1.70. The summed E-state index contributed by atoms with van der Waals surface area (Å²) in [4.78, 5) is 17.2. The molecule has 2 aromatic rings. The molecule has 2 aromatic heterocycles. The van der Waals surface area contributed by atoms with Gasteiger partial charge in [-0.3, -0.25) is 14.9 Å². The van der Waals surface area contributed by atoms with Gasteiger partial charge in [-0.15, -0.1) is 0 Å². The second kappa shape index (κ2) is 2.64. The van der Waals surface area contributed by atoms with Crippen molar-refractivity contribution in [1.29, 1.82) is 0 Å². The molecule has 2 heterocycles. The Kier molecular flexibility index (Phi) is 1.68. The highest BCUT2D eigenvalue weighted by atomic mass is 32.2. The minimum Gasteiger partial charge on any atom is -0.297 e. The SMILES string of the molecule is CS(=O)(=O)c1nc2[nH]ncc2c(=O)[nH]1. The lowest BCUT2D eigenvalue weighted by Crippen LogP contribution is -2.14. The monoisotopic (exact) mass is 214 g/mol. The van der Waals surface area contributed by atoms with Gasteiger partial charge in [-0.1, -0.05) is 0 Å². The first-order chi connectivity index (χ1) is 6.48. The number of hydrogen-bond acceptors (Lipinski definition) is 5. The molecule has 0 aliphatic carbocycles. The Balaban J connectivity index is 2.91. The molecule has 0 saturated carbocycles. The van der Waals surface area contributed by atoms with Crippen LogP contribution in [0.15, 0.2) is 16.1 Å². The van der Waals surface area contributed by atoms with Crippen LogP contribution in [0.2, 0.25) is 0 Å². The normalized spacial score (nSPS) is 12.1. The number of fused-ring (bicyclic) bond motifs is 1. The van der Waals surface area contributed by atoms with E-state index in [4.69, 9.17) is 0 Å². The Morgan fingerprint density at radius 2 is 2.14 bits per heavy atom. The van der Waals surface area contributed by atoms with E-state index in [0.29, 0.717) is 0 Å². The summed E-state index contributed by atoms with van der Waals surface area (Å²) < 4.78 is 22.2. The molecule has 0 saturated heterocycles. The largest absolute Gasteiger partial charge is 0.297 e. The van der Waals surface area contributed by atoms with E-state index in [9.17, 15) is 13.2 Å². The molecule has 2 N–H and O–H groups in total. The summed E-state index contributed by atoms with van der Waals surface area (Å²) in [5.41, 5.74) is -0.363. The highest BCUT2D eigenvalue weighted by Crippen LogP contribution is 2.04. The zero-order valence-electron chi connectivity index (χ0n) is 7.10. The van der Waals surface area contributed by atoms with Crippen LogP contribution in [-0.2, 0) is 9.84 Å². The highest BCUT2D eigenvalue weighted by Gasteiger charge is 2.13. The van der Waals surface area contributed by atoms with Crippen molar-refractivity contribution in [3.63, 3.8) is 0 Å². The van der Waals surface area contributed by atoms with Crippen molar-refractivity contribution in [3.8, 4) is 0 Å². The zero-order chi connectivity index (χ0) is 10.3. The van der Waals surface area contributed by atoms with Crippen molar-refractivity contribution in [1.82, 2.24) is 20.2 Å². The quantitative estimate of drug-likeness (QED) is 0.595. The van der Waals surface area contributed by atoms with Crippen molar-refractivity contribution >= 4 is 20.9 Å². The molecule has 14 heavy (non-hydrogen) atoms. The third-order valence-corrected chi connectivity index (χ3v) is 2.54. The fourth-order valence-corrected chi connectivity index (χ4v) is 1.54.